The smallest absolute Gasteiger partial charge is 0.289 e. The van der Waals surface area contributed by atoms with Gasteiger partial charge in [-0.15, -0.1) is 24.0 Å². The largest absolute Gasteiger partial charge is 0.459 e. The molecule has 7 nitrogen and oxygen atoms in total. The molecule has 0 bridgehead atoms. The molecule has 2 aliphatic heterocycles. The summed E-state index contributed by atoms with van der Waals surface area (Å²) in [6.45, 7) is 8.14. The Balaban J connectivity index is 0.00000306. The average Bonchev–Trinajstić information content (AvgIpc) is 3.37. The monoisotopic (exact) mass is 565 g/mol. The van der Waals surface area contributed by atoms with E-state index in [9.17, 15) is 4.79 Å². The van der Waals surface area contributed by atoms with Crippen molar-refractivity contribution < 1.29 is 9.21 Å². The van der Waals surface area contributed by atoms with Crippen molar-refractivity contribution in [3.05, 3.63) is 59.5 Å². The number of benzene rings is 1. The van der Waals surface area contributed by atoms with E-state index in [1.807, 2.05) is 11.9 Å². The number of furan rings is 1. The molecule has 180 valence electrons. The maximum atomic E-state index is 12.5. The van der Waals surface area contributed by atoms with Crippen LogP contribution in [0.1, 0.15) is 47.9 Å². The first-order valence-electron chi connectivity index (χ1n) is 11.7. The fourth-order valence-corrected chi connectivity index (χ4v) is 4.58. The van der Waals surface area contributed by atoms with E-state index >= 15 is 0 Å². The second-order valence-corrected chi connectivity index (χ2v) is 8.79. The van der Waals surface area contributed by atoms with E-state index in [-0.39, 0.29) is 29.9 Å². The number of guanidine groups is 1. The molecule has 2 fully saturated rings. The van der Waals surface area contributed by atoms with Gasteiger partial charge in [-0.05, 0) is 49.6 Å². The number of likely N-dealkylation sites (tertiary alicyclic amines) is 1. The molecule has 2 aromatic rings. The summed E-state index contributed by atoms with van der Waals surface area (Å²) in [5.41, 5.74) is 2.62. The first kappa shape index (κ1) is 25.6. The number of aliphatic imine (C=N–C) groups is 1. The number of hydrogen-bond acceptors (Lipinski definition) is 4. The number of piperazine rings is 1. The minimum atomic E-state index is -0.0448. The summed E-state index contributed by atoms with van der Waals surface area (Å²) in [5.74, 6) is 1.23. The zero-order chi connectivity index (χ0) is 22.3. The van der Waals surface area contributed by atoms with Crippen molar-refractivity contribution in [3.63, 3.8) is 0 Å². The highest BCUT2D eigenvalue weighted by Crippen LogP contribution is 2.19. The van der Waals surface area contributed by atoms with Crippen LogP contribution in [0.25, 0.3) is 0 Å². The van der Waals surface area contributed by atoms with E-state index < -0.39 is 0 Å². The number of amides is 1. The van der Waals surface area contributed by atoms with Gasteiger partial charge in [0.1, 0.15) is 0 Å². The van der Waals surface area contributed by atoms with Gasteiger partial charge in [0.15, 0.2) is 11.7 Å². The van der Waals surface area contributed by atoms with Gasteiger partial charge in [-0.2, -0.15) is 0 Å². The Morgan fingerprint density at radius 3 is 2.36 bits per heavy atom. The van der Waals surface area contributed by atoms with Gasteiger partial charge in [-0.3, -0.25) is 14.7 Å². The highest BCUT2D eigenvalue weighted by molar-refractivity contribution is 14.0. The molecule has 0 saturated carbocycles. The van der Waals surface area contributed by atoms with Crippen LogP contribution in [0.15, 0.2) is 52.1 Å². The molecule has 1 aromatic heterocycles. The van der Waals surface area contributed by atoms with Crippen molar-refractivity contribution in [3.8, 4) is 0 Å². The van der Waals surface area contributed by atoms with E-state index in [0.29, 0.717) is 24.9 Å². The summed E-state index contributed by atoms with van der Waals surface area (Å²) in [7, 11) is 1.81. The number of nitrogens with one attached hydrogen (secondary N) is 1. The maximum Gasteiger partial charge on any atom is 0.289 e. The minimum Gasteiger partial charge on any atom is -0.459 e. The van der Waals surface area contributed by atoms with E-state index in [0.717, 1.165) is 32.1 Å². The fourth-order valence-electron chi connectivity index (χ4n) is 4.58. The van der Waals surface area contributed by atoms with Gasteiger partial charge >= 0.3 is 0 Å². The summed E-state index contributed by atoms with van der Waals surface area (Å²) < 4.78 is 5.24. The third-order valence-corrected chi connectivity index (χ3v) is 6.61. The molecule has 0 radical (unpaired) electrons. The molecule has 3 heterocycles. The van der Waals surface area contributed by atoms with Crippen LogP contribution in [-0.2, 0) is 13.1 Å². The molecule has 2 aliphatic rings. The van der Waals surface area contributed by atoms with E-state index in [1.54, 1.807) is 12.1 Å². The molecule has 1 aromatic carbocycles. The molecule has 1 atom stereocenters. The summed E-state index contributed by atoms with van der Waals surface area (Å²) in [5, 5.41) is 3.48. The van der Waals surface area contributed by atoms with Gasteiger partial charge in [-0.25, -0.2) is 0 Å². The second-order valence-electron chi connectivity index (χ2n) is 8.79. The highest BCUT2D eigenvalue weighted by atomic mass is 127. The number of carbonyl (C=O) groups excluding carboxylic acids is 1. The van der Waals surface area contributed by atoms with Crippen molar-refractivity contribution in [2.24, 2.45) is 4.99 Å². The van der Waals surface area contributed by atoms with Crippen LogP contribution in [0.3, 0.4) is 0 Å². The van der Waals surface area contributed by atoms with Gasteiger partial charge < -0.3 is 19.5 Å². The van der Waals surface area contributed by atoms with E-state index in [4.69, 9.17) is 4.42 Å². The average molecular weight is 566 g/mol. The summed E-state index contributed by atoms with van der Waals surface area (Å²) in [4.78, 5) is 23.5. The lowest BCUT2D eigenvalue weighted by atomic mass is 10.0. The van der Waals surface area contributed by atoms with Crippen LogP contribution in [0, 0.1) is 0 Å². The Bertz CT molecular complexity index is 892. The molecule has 2 saturated heterocycles. The van der Waals surface area contributed by atoms with Gasteiger partial charge in [0, 0.05) is 52.4 Å². The predicted molar refractivity (Wildman–Crippen MR) is 142 cm³/mol. The standard InChI is InChI=1S/C25H35N5O2.HI/c1-20-6-3-4-12-30(20)19-22-10-8-21(9-11-22)18-27-25(26-2)29-15-13-28(14-16-29)24(31)23-7-5-17-32-23;/h5,7-11,17,20H,3-4,6,12-16,18-19H2,1-2H3,(H,26,27);1H. The zero-order valence-corrected chi connectivity index (χ0v) is 22.0. The second kappa shape index (κ2) is 12.4. The van der Waals surface area contributed by atoms with Gasteiger partial charge in [0.05, 0.1) is 6.26 Å². The van der Waals surface area contributed by atoms with Crippen LogP contribution in [0.2, 0.25) is 0 Å². The number of hydrogen-bond donors (Lipinski definition) is 1. The van der Waals surface area contributed by atoms with Gasteiger partial charge in [-0.1, -0.05) is 30.7 Å². The Morgan fingerprint density at radius 2 is 1.73 bits per heavy atom. The first-order chi connectivity index (χ1) is 15.6. The molecule has 0 aliphatic carbocycles. The summed E-state index contributed by atoms with van der Waals surface area (Å²) in [6.07, 6.45) is 5.53. The minimum absolute atomic E-state index is 0. The first-order valence-corrected chi connectivity index (χ1v) is 11.7. The topological polar surface area (TPSA) is 64.3 Å². The Labute approximate surface area is 214 Å². The number of halogens is 1. The molecule has 1 unspecified atom stereocenters. The molecule has 1 N–H and O–H groups in total. The Hall–Kier alpha value is -2.07. The van der Waals surface area contributed by atoms with Crippen LogP contribution >= 0.6 is 24.0 Å². The zero-order valence-electron chi connectivity index (χ0n) is 19.7. The normalized spacial score (nSPS) is 19.8. The Morgan fingerprint density at radius 1 is 1.03 bits per heavy atom. The van der Waals surface area contributed by atoms with Crippen molar-refractivity contribution in [1.82, 2.24) is 20.0 Å². The Kier molecular flexibility index (Phi) is 9.61. The number of piperidine rings is 1. The lowest BCUT2D eigenvalue weighted by Crippen LogP contribution is -2.53. The van der Waals surface area contributed by atoms with E-state index in [2.05, 4.69) is 51.3 Å². The van der Waals surface area contributed by atoms with Crippen molar-refractivity contribution in [2.75, 3.05) is 39.8 Å². The SMILES string of the molecule is CN=C(NCc1ccc(CN2CCCCC2C)cc1)N1CCN(C(=O)c2ccco2)CC1.I. The summed E-state index contributed by atoms with van der Waals surface area (Å²) in [6, 6.07) is 13.1. The molecule has 8 heteroatoms. The molecule has 0 spiro atoms. The number of carbonyl (C=O) groups is 1. The van der Waals surface area contributed by atoms with Crippen LogP contribution in [-0.4, -0.2) is 72.4 Å². The fraction of sp³-hybridized carbons (Fsp3) is 0.520. The highest BCUT2D eigenvalue weighted by Gasteiger charge is 2.25. The summed E-state index contributed by atoms with van der Waals surface area (Å²) >= 11 is 0. The molecule has 33 heavy (non-hydrogen) atoms. The van der Waals surface area contributed by atoms with Crippen LogP contribution in [0.5, 0.6) is 0 Å². The van der Waals surface area contributed by atoms with Crippen molar-refractivity contribution in [1.29, 1.82) is 0 Å². The van der Waals surface area contributed by atoms with Crippen LogP contribution < -0.4 is 5.32 Å². The lowest BCUT2D eigenvalue weighted by Gasteiger charge is -2.36. The lowest BCUT2D eigenvalue weighted by molar-refractivity contribution is 0.0657. The van der Waals surface area contributed by atoms with E-state index in [1.165, 1.54) is 43.2 Å². The third kappa shape index (κ3) is 6.72. The van der Waals surface area contributed by atoms with Crippen molar-refractivity contribution in [2.45, 2.75) is 45.3 Å². The van der Waals surface area contributed by atoms with Gasteiger partial charge in [0.25, 0.3) is 5.91 Å². The predicted octanol–water partition coefficient (Wildman–Crippen LogP) is 3.81. The quantitative estimate of drug-likeness (QED) is 0.340. The van der Waals surface area contributed by atoms with Gasteiger partial charge in [0.2, 0.25) is 0 Å². The van der Waals surface area contributed by atoms with Crippen molar-refractivity contribution >= 4 is 35.8 Å². The number of rotatable bonds is 5. The number of nitrogens with zero attached hydrogens (tertiary/aromatic N) is 4. The molecular formula is C25H36IN5O2. The molecule has 1 amide bonds. The maximum absolute atomic E-state index is 12.5. The molecule has 4 rings (SSSR count). The van der Waals surface area contributed by atoms with Crippen LogP contribution in [0.4, 0.5) is 0 Å². The molecular weight excluding hydrogens is 529 g/mol. The third-order valence-electron chi connectivity index (χ3n) is 6.61.